The molecule has 1 aliphatic carbocycles. The highest BCUT2D eigenvalue weighted by molar-refractivity contribution is 5.56. The van der Waals surface area contributed by atoms with Crippen LogP contribution in [0.3, 0.4) is 0 Å². The van der Waals surface area contributed by atoms with E-state index in [1.807, 2.05) is 6.92 Å². The fourth-order valence-electron chi connectivity index (χ4n) is 2.91. The maximum absolute atomic E-state index is 5.36. The van der Waals surface area contributed by atoms with Gasteiger partial charge in [-0.2, -0.15) is 0 Å². The molecule has 2 rings (SSSR count). The first-order valence-electron chi connectivity index (χ1n) is 6.94. The summed E-state index contributed by atoms with van der Waals surface area (Å²) in [4.78, 5) is 4.26. The molecular weight excluding hydrogens is 224 g/mol. The van der Waals surface area contributed by atoms with Gasteiger partial charge in [-0.15, -0.1) is 0 Å². The largest absolute Gasteiger partial charge is 0.493 e. The molecule has 1 aromatic rings. The van der Waals surface area contributed by atoms with E-state index in [2.05, 4.69) is 23.3 Å². The highest BCUT2D eigenvalue weighted by Gasteiger charge is 2.31. The van der Waals surface area contributed by atoms with Crippen LogP contribution in [0, 0.1) is 12.3 Å². The highest BCUT2D eigenvalue weighted by atomic mass is 16.5. The normalized spacial score (nSPS) is 17.7. The lowest BCUT2D eigenvalue weighted by Crippen LogP contribution is -2.26. The van der Waals surface area contributed by atoms with Gasteiger partial charge in [0.2, 0.25) is 0 Å². The summed E-state index contributed by atoms with van der Waals surface area (Å²) in [5.74, 6) is 0.838. The van der Waals surface area contributed by atoms with Crippen molar-refractivity contribution in [1.29, 1.82) is 0 Å². The zero-order valence-electron chi connectivity index (χ0n) is 11.8. The minimum absolute atomic E-state index is 0.488. The molecule has 1 aromatic heterocycles. The summed E-state index contributed by atoms with van der Waals surface area (Å²) < 4.78 is 5.36. The van der Waals surface area contributed by atoms with Crippen LogP contribution >= 0.6 is 0 Å². The lowest BCUT2D eigenvalue weighted by Gasteiger charge is -2.28. The third kappa shape index (κ3) is 2.77. The molecular formula is C15H24N2O. The van der Waals surface area contributed by atoms with Crippen molar-refractivity contribution in [1.82, 2.24) is 4.98 Å². The fraction of sp³-hybridized carbons (Fsp3) is 0.667. The number of nitrogens with zero attached hydrogens (tertiary/aromatic N) is 1. The van der Waals surface area contributed by atoms with Crippen LogP contribution < -0.4 is 10.1 Å². The van der Waals surface area contributed by atoms with Gasteiger partial charge < -0.3 is 10.1 Å². The molecule has 1 N–H and O–H groups in total. The molecule has 0 amide bonds. The summed E-state index contributed by atoms with van der Waals surface area (Å²) in [6, 6.07) is 2.07. The molecule has 100 valence electrons. The summed E-state index contributed by atoms with van der Waals surface area (Å²) >= 11 is 0. The topological polar surface area (TPSA) is 34.2 Å². The zero-order valence-corrected chi connectivity index (χ0v) is 11.8. The molecule has 0 bridgehead atoms. The Morgan fingerprint density at radius 3 is 2.72 bits per heavy atom. The lowest BCUT2D eigenvalue weighted by atomic mass is 9.83. The summed E-state index contributed by atoms with van der Waals surface area (Å²) in [7, 11) is 1.70. The SMILES string of the molecule is CCC1(CNc2cc(C)ncc2OC)CCCC1. The van der Waals surface area contributed by atoms with Crippen LogP contribution in [0.15, 0.2) is 12.3 Å². The zero-order chi connectivity index (χ0) is 13.0. The second kappa shape index (κ2) is 5.59. The van der Waals surface area contributed by atoms with Crippen LogP contribution in [-0.4, -0.2) is 18.6 Å². The van der Waals surface area contributed by atoms with Crippen molar-refractivity contribution in [3.63, 3.8) is 0 Å². The van der Waals surface area contributed by atoms with Crippen LogP contribution in [0.25, 0.3) is 0 Å². The van der Waals surface area contributed by atoms with Gasteiger partial charge in [0.15, 0.2) is 5.75 Å². The molecule has 0 unspecified atom stereocenters. The van der Waals surface area contributed by atoms with Crippen molar-refractivity contribution in [2.75, 3.05) is 19.0 Å². The Balaban J connectivity index is 2.07. The Labute approximate surface area is 110 Å². The maximum Gasteiger partial charge on any atom is 0.160 e. The van der Waals surface area contributed by atoms with E-state index in [4.69, 9.17) is 4.74 Å². The molecule has 0 radical (unpaired) electrons. The maximum atomic E-state index is 5.36. The molecule has 1 heterocycles. The first kappa shape index (κ1) is 13.2. The lowest BCUT2D eigenvalue weighted by molar-refractivity contribution is 0.306. The second-order valence-electron chi connectivity index (χ2n) is 5.44. The van der Waals surface area contributed by atoms with Gasteiger partial charge >= 0.3 is 0 Å². The third-order valence-corrected chi connectivity index (χ3v) is 4.29. The molecule has 3 nitrogen and oxygen atoms in total. The predicted octanol–water partition coefficient (Wildman–Crippen LogP) is 3.78. The summed E-state index contributed by atoms with van der Waals surface area (Å²) in [5.41, 5.74) is 2.59. The molecule has 18 heavy (non-hydrogen) atoms. The first-order chi connectivity index (χ1) is 8.69. The van der Waals surface area contributed by atoms with Gasteiger partial charge in [0.25, 0.3) is 0 Å². The van der Waals surface area contributed by atoms with Crippen LogP contribution in [0.4, 0.5) is 5.69 Å². The van der Waals surface area contributed by atoms with E-state index in [-0.39, 0.29) is 0 Å². The molecule has 0 aromatic carbocycles. The van der Waals surface area contributed by atoms with E-state index < -0.39 is 0 Å². The number of anilines is 1. The monoisotopic (exact) mass is 248 g/mol. The molecule has 0 aliphatic heterocycles. The molecule has 1 aliphatic rings. The third-order valence-electron chi connectivity index (χ3n) is 4.29. The fourth-order valence-corrected chi connectivity index (χ4v) is 2.91. The Bertz CT molecular complexity index is 397. The van der Waals surface area contributed by atoms with Gasteiger partial charge in [0.1, 0.15) is 0 Å². The number of pyridine rings is 1. The van der Waals surface area contributed by atoms with Crippen LogP contribution in [-0.2, 0) is 0 Å². The second-order valence-corrected chi connectivity index (χ2v) is 5.44. The summed E-state index contributed by atoms with van der Waals surface area (Å²) in [5, 5.41) is 3.57. The number of nitrogens with one attached hydrogen (secondary N) is 1. The smallest absolute Gasteiger partial charge is 0.160 e. The van der Waals surface area contributed by atoms with Crippen LogP contribution in [0.1, 0.15) is 44.7 Å². The van der Waals surface area contributed by atoms with Gasteiger partial charge in [-0.3, -0.25) is 4.98 Å². The van der Waals surface area contributed by atoms with Gasteiger partial charge in [0, 0.05) is 12.2 Å². The van der Waals surface area contributed by atoms with Crippen LogP contribution in [0.5, 0.6) is 5.75 Å². The Morgan fingerprint density at radius 1 is 1.39 bits per heavy atom. The van der Waals surface area contributed by atoms with E-state index in [0.29, 0.717) is 5.41 Å². The quantitative estimate of drug-likeness (QED) is 0.861. The summed E-state index contributed by atoms with van der Waals surface area (Å²) in [6.07, 6.45) is 8.51. The summed E-state index contributed by atoms with van der Waals surface area (Å²) in [6.45, 7) is 5.36. The van der Waals surface area contributed by atoms with E-state index in [1.165, 1.54) is 32.1 Å². The molecule has 3 heteroatoms. The number of rotatable bonds is 5. The molecule has 0 atom stereocenters. The minimum atomic E-state index is 0.488. The molecule has 1 saturated carbocycles. The number of hydrogen-bond acceptors (Lipinski definition) is 3. The molecule has 0 spiro atoms. The number of aryl methyl sites for hydroxylation is 1. The first-order valence-corrected chi connectivity index (χ1v) is 6.94. The van der Waals surface area contributed by atoms with Crippen molar-refractivity contribution in [2.24, 2.45) is 5.41 Å². The van der Waals surface area contributed by atoms with Crippen molar-refractivity contribution in [3.05, 3.63) is 18.0 Å². The predicted molar refractivity (Wildman–Crippen MR) is 75.2 cm³/mol. The van der Waals surface area contributed by atoms with Crippen molar-refractivity contribution in [2.45, 2.75) is 46.0 Å². The Kier molecular flexibility index (Phi) is 4.10. The Hall–Kier alpha value is -1.25. The van der Waals surface area contributed by atoms with E-state index in [1.54, 1.807) is 13.3 Å². The van der Waals surface area contributed by atoms with E-state index in [0.717, 1.165) is 23.7 Å². The Morgan fingerprint density at radius 2 is 2.11 bits per heavy atom. The number of aromatic nitrogens is 1. The molecule has 0 saturated heterocycles. The van der Waals surface area contributed by atoms with Crippen molar-refractivity contribution in [3.8, 4) is 5.75 Å². The average molecular weight is 248 g/mol. The standard InChI is InChI=1S/C15H24N2O/c1-4-15(7-5-6-8-15)11-17-13-9-12(2)16-10-14(13)18-3/h9-10H,4-8,11H2,1-3H3,(H,16,17). The number of methoxy groups -OCH3 is 1. The van der Waals surface area contributed by atoms with Gasteiger partial charge in [-0.25, -0.2) is 0 Å². The van der Waals surface area contributed by atoms with E-state index >= 15 is 0 Å². The highest BCUT2D eigenvalue weighted by Crippen LogP contribution is 2.41. The van der Waals surface area contributed by atoms with Gasteiger partial charge in [-0.1, -0.05) is 19.8 Å². The van der Waals surface area contributed by atoms with Crippen molar-refractivity contribution >= 4 is 5.69 Å². The number of hydrogen-bond donors (Lipinski definition) is 1. The van der Waals surface area contributed by atoms with Gasteiger partial charge in [0.05, 0.1) is 19.0 Å². The minimum Gasteiger partial charge on any atom is -0.493 e. The van der Waals surface area contributed by atoms with Crippen molar-refractivity contribution < 1.29 is 4.74 Å². The molecule has 1 fully saturated rings. The average Bonchev–Trinajstić information content (AvgIpc) is 2.86. The van der Waals surface area contributed by atoms with Crippen LogP contribution in [0.2, 0.25) is 0 Å². The number of ether oxygens (including phenoxy) is 1. The van der Waals surface area contributed by atoms with Gasteiger partial charge in [-0.05, 0) is 37.7 Å². The van der Waals surface area contributed by atoms with E-state index in [9.17, 15) is 0 Å².